The number of aromatic nitrogens is 2. The molecule has 3 heteroatoms. The number of hydrogen-bond acceptors (Lipinski definition) is 2. The molecule has 2 heterocycles. The highest BCUT2D eigenvalue weighted by Gasteiger charge is 2.24. The number of benzene rings is 2. The van der Waals surface area contributed by atoms with Crippen LogP contribution < -0.4 is 0 Å². The van der Waals surface area contributed by atoms with Gasteiger partial charge in [-0.1, -0.05) is 42.0 Å². The first-order valence-electron chi connectivity index (χ1n) is 7.93. The summed E-state index contributed by atoms with van der Waals surface area (Å²) in [5.74, 6) is 1.07. The number of rotatable bonds is 3. The summed E-state index contributed by atoms with van der Waals surface area (Å²) in [6, 6.07) is 17.0. The lowest BCUT2D eigenvalue weighted by atomic mass is 10.1. The second kappa shape index (κ2) is 5.58. The minimum Gasteiger partial charge on any atom is -0.370 e. The van der Waals surface area contributed by atoms with Crippen molar-refractivity contribution in [2.75, 3.05) is 6.61 Å². The van der Waals surface area contributed by atoms with Crippen molar-refractivity contribution in [2.24, 2.45) is 0 Å². The van der Waals surface area contributed by atoms with Crippen LogP contribution in [0.2, 0.25) is 0 Å². The number of hydrogen-bond donors (Lipinski definition) is 0. The normalized spacial score (nSPS) is 18.1. The lowest BCUT2D eigenvalue weighted by Gasteiger charge is -2.14. The summed E-state index contributed by atoms with van der Waals surface area (Å²) in [5, 5.41) is 0. The maximum atomic E-state index is 5.89. The number of fused-ring (bicyclic) bond motifs is 1. The Labute approximate surface area is 130 Å². The standard InChI is InChI=1S/C19H20N2O/c1-14-6-4-7-15(12-14)13-21-17-9-3-2-8-16(17)20-19(21)18-10-5-11-22-18/h2-4,6-9,12,18H,5,10-11,13H2,1H3/t18-/m0/s1. The fraction of sp³-hybridized carbons (Fsp3) is 0.316. The van der Waals surface area contributed by atoms with Crippen molar-refractivity contribution < 1.29 is 4.74 Å². The van der Waals surface area contributed by atoms with Crippen molar-refractivity contribution in [3.05, 3.63) is 65.5 Å². The van der Waals surface area contributed by atoms with Crippen molar-refractivity contribution in [3.8, 4) is 0 Å². The van der Waals surface area contributed by atoms with Gasteiger partial charge in [0.2, 0.25) is 0 Å². The minimum absolute atomic E-state index is 0.136. The van der Waals surface area contributed by atoms with Gasteiger partial charge in [-0.05, 0) is 37.5 Å². The minimum atomic E-state index is 0.136. The van der Waals surface area contributed by atoms with Crippen LogP contribution >= 0.6 is 0 Å². The lowest BCUT2D eigenvalue weighted by Crippen LogP contribution is -2.09. The maximum absolute atomic E-state index is 5.89. The highest BCUT2D eigenvalue weighted by molar-refractivity contribution is 5.76. The summed E-state index contributed by atoms with van der Waals surface area (Å²) in [5.41, 5.74) is 4.85. The van der Waals surface area contributed by atoms with E-state index >= 15 is 0 Å². The van der Waals surface area contributed by atoms with Crippen LogP contribution in [0.5, 0.6) is 0 Å². The zero-order chi connectivity index (χ0) is 14.9. The number of imidazole rings is 1. The van der Waals surface area contributed by atoms with Crippen LogP contribution in [-0.4, -0.2) is 16.2 Å². The molecule has 1 fully saturated rings. The summed E-state index contributed by atoms with van der Waals surface area (Å²) in [4.78, 5) is 4.85. The monoisotopic (exact) mass is 292 g/mol. The molecule has 0 radical (unpaired) electrons. The molecule has 0 bridgehead atoms. The summed E-state index contributed by atoms with van der Waals surface area (Å²) < 4.78 is 8.21. The number of ether oxygens (including phenoxy) is 1. The first-order chi connectivity index (χ1) is 10.8. The molecular weight excluding hydrogens is 272 g/mol. The van der Waals surface area contributed by atoms with E-state index in [-0.39, 0.29) is 6.10 Å². The molecule has 3 nitrogen and oxygen atoms in total. The van der Waals surface area contributed by atoms with Crippen LogP contribution in [0.4, 0.5) is 0 Å². The molecule has 4 rings (SSSR count). The van der Waals surface area contributed by atoms with Crippen molar-refractivity contribution >= 4 is 11.0 Å². The Bertz CT molecular complexity index is 800. The van der Waals surface area contributed by atoms with Gasteiger partial charge in [-0.25, -0.2) is 4.98 Å². The fourth-order valence-electron chi connectivity index (χ4n) is 3.28. The second-order valence-corrected chi connectivity index (χ2v) is 6.04. The Morgan fingerprint density at radius 2 is 2.09 bits per heavy atom. The molecule has 2 aromatic carbocycles. The van der Waals surface area contributed by atoms with Gasteiger partial charge < -0.3 is 9.30 Å². The van der Waals surface area contributed by atoms with Crippen LogP contribution in [0.3, 0.4) is 0 Å². The molecule has 0 aliphatic carbocycles. The molecule has 1 atom stereocenters. The molecule has 0 amide bonds. The van der Waals surface area contributed by atoms with Gasteiger partial charge >= 0.3 is 0 Å². The van der Waals surface area contributed by atoms with Gasteiger partial charge in [0.25, 0.3) is 0 Å². The van der Waals surface area contributed by atoms with Crippen LogP contribution in [0, 0.1) is 6.92 Å². The molecule has 1 saturated heterocycles. The van der Waals surface area contributed by atoms with Crippen molar-refractivity contribution in [2.45, 2.75) is 32.4 Å². The lowest BCUT2D eigenvalue weighted by molar-refractivity contribution is 0.103. The van der Waals surface area contributed by atoms with Crippen LogP contribution in [0.1, 0.15) is 35.9 Å². The summed E-state index contributed by atoms with van der Waals surface area (Å²) >= 11 is 0. The predicted molar refractivity (Wildman–Crippen MR) is 87.9 cm³/mol. The Kier molecular flexibility index (Phi) is 3.43. The Morgan fingerprint density at radius 3 is 2.91 bits per heavy atom. The second-order valence-electron chi connectivity index (χ2n) is 6.04. The van der Waals surface area contributed by atoms with E-state index in [1.807, 2.05) is 6.07 Å². The zero-order valence-corrected chi connectivity index (χ0v) is 12.8. The van der Waals surface area contributed by atoms with E-state index in [0.29, 0.717) is 0 Å². The molecule has 0 saturated carbocycles. The Morgan fingerprint density at radius 1 is 1.18 bits per heavy atom. The van der Waals surface area contributed by atoms with Crippen LogP contribution in [0.15, 0.2) is 48.5 Å². The molecule has 1 aliphatic heterocycles. The van der Waals surface area contributed by atoms with E-state index in [1.54, 1.807) is 0 Å². The van der Waals surface area contributed by atoms with E-state index in [2.05, 4.69) is 54.0 Å². The van der Waals surface area contributed by atoms with E-state index in [1.165, 1.54) is 16.6 Å². The van der Waals surface area contributed by atoms with E-state index in [4.69, 9.17) is 9.72 Å². The average molecular weight is 292 g/mol. The average Bonchev–Trinajstić information content (AvgIpc) is 3.15. The highest BCUT2D eigenvalue weighted by Crippen LogP contribution is 2.31. The number of nitrogens with zero attached hydrogens (tertiary/aromatic N) is 2. The molecule has 0 N–H and O–H groups in total. The third-order valence-electron chi connectivity index (χ3n) is 4.32. The molecule has 1 aliphatic rings. The first kappa shape index (κ1) is 13.5. The molecule has 0 spiro atoms. The van der Waals surface area contributed by atoms with Crippen LogP contribution in [0.25, 0.3) is 11.0 Å². The molecule has 22 heavy (non-hydrogen) atoms. The number of aryl methyl sites for hydroxylation is 1. The summed E-state index contributed by atoms with van der Waals surface area (Å²) in [6.45, 7) is 3.83. The molecule has 112 valence electrons. The van der Waals surface area contributed by atoms with Gasteiger partial charge in [-0.15, -0.1) is 0 Å². The smallest absolute Gasteiger partial charge is 0.139 e. The van der Waals surface area contributed by atoms with Crippen molar-refractivity contribution in [3.63, 3.8) is 0 Å². The third-order valence-corrected chi connectivity index (χ3v) is 4.32. The van der Waals surface area contributed by atoms with Crippen molar-refractivity contribution in [1.82, 2.24) is 9.55 Å². The predicted octanol–water partition coefficient (Wildman–Crippen LogP) is 4.24. The highest BCUT2D eigenvalue weighted by atomic mass is 16.5. The van der Waals surface area contributed by atoms with Gasteiger partial charge in [-0.2, -0.15) is 0 Å². The molecule has 0 unspecified atom stereocenters. The van der Waals surface area contributed by atoms with Crippen molar-refractivity contribution in [1.29, 1.82) is 0 Å². The SMILES string of the molecule is Cc1cccc(Cn2c([C@@H]3CCCO3)nc3ccccc32)c1. The zero-order valence-electron chi connectivity index (χ0n) is 12.8. The van der Waals surface area contributed by atoms with Gasteiger partial charge in [0, 0.05) is 13.2 Å². The number of para-hydroxylation sites is 2. The Hall–Kier alpha value is -2.13. The van der Waals surface area contributed by atoms with Gasteiger partial charge in [0.05, 0.1) is 11.0 Å². The molecule has 3 aromatic rings. The van der Waals surface area contributed by atoms with E-state index in [0.717, 1.165) is 37.3 Å². The fourth-order valence-corrected chi connectivity index (χ4v) is 3.28. The third kappa shape index (κ3) is 2.42. The summed E-state index contributed by atoms with van der Waals surface area (Å²) in [7, 11) is 0. The maximum Gasteiger partial charge on any atom is 0.139 e. The van der Waals surface area contributed by atoms with Gasteiger partial charge in [-0.3, -0.25) is 0 Å². The van der Waals surface area contributed by atoms with Gasteiger partial charge in [0.1, 0.15) is 11.9 Å². The van der Waals surface area contributed by atoms with Crippen LogP contribution in [-0.2, 0) is 11.3 Å². The largest absolute Gasteiger partial charge is 0.370 e. The topological polar surface area (TPSA) is 27.1 Å². The molecular formula is C19H20N2O. The van der Waals surface area contributed by atoms with E-state index < -0.39 is 0 Å². The van der Waals surface area contributed by atoms with E-state index in [9.17, 15) is 0 Å². The van der Waals surface area contributed by atoms with Gasteiger partial charge in [0.15, 0.2) is 0 Å². The molecule has 1 aromatic heterocycles. The summed E-state index contributed by atoms with van der Waals surface area (Å²) in [6.07, 6.45) is 2.33. The Balaban J connectivity index is 1.81. The first-order valence-corrected chi connectivity index (χ1v) is 7.93. The quantitative estimate of drug-likeness (QED) is 0.722.